The van der Waals surface area contributed by atoms with Gasteiger partial charge in [0.05, 0.1) is 17.9 Å². The molecule has 4 rings (SSSR count). The molecule has 3 atom stereocenters. The van der Waals surface area contributed by atoms with Crippen molar-refractivity contribution in [1.29, 1.82) is 0 Å². The van der Waals surface area contributed by atoms with Crippen LogP contribution in [0.1, 0.15) is 26.3 Å². The molecule has 4 N–H and O–H groups in total. The van der Waals surface area contributed by atoms with Crippen molar-refractivity contribution in [2.24, 2.45) is 5.92 Å². The molecule has 4 aromatic rings. The Morgan fingerprint density at radius 1 is 1.18 bits per heavy atom. The van der Waals surface area contributed by atoms with Crippen LogP contribution < -0.4 is 10.6 Å². The molecule has 9 nitrogen and oxygen atoms in total. The maximum Gasteiger partial charge on any atom is 0.231 e. The molecule has 0 aliphatic carbocycles. The minimum atomic E-state index is -0.633. The summed E-state index contributed by atoms with van der Waals surface area (Å²) in [6.07, 6.45) is 5.07. The fraction of sp³-hybridized carbons (Fsp3) is 0.333. The van der Waals surface area contributed by atoms with Crippen LogP contribution >= 0.6 is 0 Å². The van der Waals surface area contributed by atoms with E-state index in [2.05, 4.69) is 32.2 Å². The number of aromatic nitrogens is 5. The number of hydrogen-bond donors (Lipinski definition) is 4. The van der Waals surface area contributed by atoms with Crippen LogP contribution in [0.4, 0.5) is 17.5 Å². The van der Waals surface area contributed by atoms with Crippen molar-refractivity contribution in [2.45, 2.75) is 32.4 Å². The van der Waals surface area contributed by atoms with Gasteiger partial charge in [0.2, 0.25) is 5.95 Å². The van der Waals surface area contributed by atoms with Crippen molar-refractivity contribution in [3.05, 3.63) is 55.5 Å². The summed E-state index contributed by atoms with van der Waals surface area (Å²) in [5.74, 6) is 0.817. The fourth-order valence-corrected chi connectivity index (χ4v) is 3.69. The lowest BCUT2D eigenvalue weighted by Gasteiger charge is -2.22. The van der Waals surface area contributed by atoms with Crippen molar-refractivity contribution < 1.29 is 10.2 Å². The molecule has 9 heteroatoms. The molecule has 3 heterocycles. The number of pyridine rings is 1. The molecule has 33 heavy (non-hydrogen) atoms. The van der Waals surface area contributed by atoms with Gasteiger partial charge in [0, 0.05) is 42.4 Å². The second-order valence-electron chi connectivity index (χ2n) is 8.24. The SMILES string of the molecule is C=CCNc1nc(Nc2ccc3ncccc3c2)nc2c1ncn2C(C)CC(O)C(C)CO. The Morgan fingerprint density at radius 3 is 2.82 bits per heavy atom. The number of nitrogens with one attached hydrogen (secondary N) is 2. The summed E-state index contributed by atoms with van der Waals surface area (Å²) >= 11 is 0. The predicted octanol–water partition coefficient (Wildman–Crippen LogP) is 3.66. The molecule has 0 bridgehead atoms. The van der Waals surface area contributed by atoms with E-state index in [9.17, 15) is 10.2 Å². The van der Waals surface area contributed by atoms with Gasteiger partial charge in [-0.05, 0) is 37.6 Å². The molecule has 0 saturated carbocycles. The molecule has 3 unspecified atom stereocenters. The lowest BCUT2D eigenvalue weighted by Crippen LogP contribution is -2.24. The van der Waals surface area contributed by atoms with Gasteiger partial charge in [-0.25, -0.2) is 4.98 Å². The van der Waals surface area contributed by atoms with E-state index >= 15 is 0 Å². The Bertz CT molecular complexity index is 1260. The second-order valence-corrected chi connectivity index (χ2v) is 8.24. The smallest absolute Gasteiger partial charge is 0.231 e. The summed E-state index contributed by atoms with van der Waals surface area (Å²) in [5, 5.41) is 27.3. The summed E-state index contributed by atoms with van der Waals surface area (Å²) in [6, 6.07) is 9.71. The minimum absolute atomic E-state index is 0.0638. The van der Waals surface area contributed by atoms with E-state index in [0.29, 0.717) is 35.9 Å². The van der Waals surface area contributed by atoms with Crippen LogP contribution in [0.25, 0.3) is 22.1 Å². The summed E-state index contributed by atoms with van der Waals surface area (Å²) in [4.78, 5) is 18.3. The molecule has 172 valence electrons. The summed E-state index contributed by atoms with van der Waals surface area (Å²) in [5.41, 5.74) is 3.05. The molecular formula is C24H29N7O2. The number of aliphatic hydroxyl groups is 2. The average molecular weight is 448 g/mol. The first-order valence-electron chi connectivity index (χ1n) is 11.0. The number of fused-ring (bicyclic) bond motifs is 2. The second kappa shape index (κ2) is 9.93. The highest BCUT2D eigenvalue weighted by Crippen LogP contribution is 2.28. The monoisotopic (exact) mass is 447 g/mol. The highest BCUT2D eigenvalue weighted by atomic mass is 16.3. The van der Waals surface area contributed by atoms with Crippen LogP contribution in [0.2, 0.25) is 0 Å². The maximum absolute atomic E-state index is 10.4. The van der Waals surface area contributed by atoms with Gasteiger partial charge in [-0.1, -0.05) is 19.1 Å². The first kappa shape index (κ1) is 22.6. The Hall–Kier alpha value is -3.56. The Morgan fingerprint density at radius 2 is 2.03 bits per heavy atom. The van der Waals surface area contributed by atoms with Gasteiger partial charge in [0.1, 0.15) is 0 Å². The molecule has 3 aromatic heterocycles. The molecule has 0 spiro atoms. The molecular weight excluding hydrogens is 418 g/mol. The predicted molar refractivity (Wildman–Crippen MR) is 131 cm³/mol. The number of aliphatic hydroxyl groups excluding tert-OH is 2. The van der Waals surface area contributed by atoms with Crippen LogP contribution in [-0.2, 0) is 0 Å². The average Bonchev–Trinajstić information content (AvgIpc) is 3.26. The zero-order chi connectivity index (χ0) is 23.4. The highest BCUT2D eigenvalue weighted by molar-refractivity contribution is 5.86. The van der Waals surface area contributed by atoms with Gasteiger partial charge in [0.25, 0.3) is 0 Å². The van der Waals surface area contributed by atoms with E-state index in [4.69, 9.17) is 4.98 Å². The summed E-state index contributed by atoms with van der Waals surface area (Å²) in [6.45, 7) is 8.05. The third kappa shape index (κ3) is 4.94. The molecule has 0 radical (unpaired) electrons. The van der Waals surface area contributed by atoms with E-state index in [1.807, 2.05) is 48.7 Å². The number of anilines is 3. The third-order valence-corrected chi connectivity index (χ3v) is 5.70. The summed E-state index contributed by atoms with van der Waals surface area (Å²) < 4.78 is 1.93. The van der Waals surface area contributed by atoms with Gasteiger partial charge in [0.15, 0.2) is 17.0 Å². The quantitative estimate of drug-likeness (QED) is 0.272. The molecule has 0 amide bonds. The van der Waals surface area contributed by atoms with Gasteiger partial charge in [-0.3, -0.25) is 4.98 Å². The third-order valence-electron chi connectivity index (χ3n) is 5.70. The van der Waals surface area contributed by atoms with Crippen molar-refractivity contribution in [3.8, 4) is 0 Å². The number of imidazole rings is 1. The zero-order valence-corrected chi connectivity index (χ0v) is 18.8. The normalized spacial score (nSPS) is 14.2. The molecule has 0 fully saturated rings. The standard InChI is InChI=1S/C24H29N7O2/c1-4-9-26-22-21-23(31(14-27-21)16(3)11-20(33)15(2)13-32)30-24(29-22)28-18-7-8-19-17(12-18)6-5-10-25-19/h4-8,10,12,14-16,20,32-33H,1,9,11,13H2,2-3H3,(H2,26,28,29,30). The summed E-state index contributed by atoms with van der Waals surface area (Å²) in [7, 11) is 0. The van der Waals surface area contributed by atoms with E-state index in [-0.39, 0.29) is 18.6 Å². The van der Waals surface area contributed by atoms with Crippen molar-refractivity contribution in [2.75, 3.05) is 23.8 Å². The lowest BCUT2D eigenvalue weighted by molar-refractivity contribution is 0.0608. The van der Waals surface area contributed by atoms with E-state index in [1.165, 1.54) is 0 Å². The zero-order valence-electron chi connectivity index (χ0n) is 18.8. The van der Waals surface area contributed by atoms with Crippen LogP contribution in [-0.4, -0.2) is 54.0 Å². The Labute approximate surface area is 192 Å². The Kier molecular flexibility index (Phi) is 6.81. The van der Waals surface area contributed by atoms with Crippen LogP contribution in [0.3, 0.4) is 0 Å². The maximum atomic E-state index is 10.4. The Balaban J connectivity index is 1.69. The molecule has 1 aromatic carbocycles. The molecule has 0 aliphatic rings. The van der Waals surface area contributed by atoms with Crippen molar-refractivity contribution >= 4 is 39.5 Å². The van der Waals surface area contributed by atoms with Gasteiger partial charge in [-0.15, -0.1) is 6.58 Å². The molecule has 0 saturated heterocycles. The van der Waals surface area contributed by atoms with E-state index < -0.39 is 6.10 Å². The number of nitrogens with zero attached hydrogens (tertiary/aromatic N) is 5. The van der Waals surface area contributed by atoms with E-state index in [0.717, 1.165) is 16.6 Å². The van der Waals surface area contributed by atoms with Gasteiger partial charge in [-0.2, -0.15) is 9.97 Å². The number of benzene rings is 1. The lowest BCUT2D eigenvalue weighted by atomic mass is 9.99. The van der Waals surface area contributed by atoms with Crippen LogP contribution in [0.15, 0.2) is 55.5 Å². The van der Waals surface area contributed by atoms with Crippen LogP contribution in [0.5, 0.6) is 0 Å². The van der Waals surface area contributed by atoms with Crippen molar-refractivity contribution in [1.82, 2.24) is 24.5 Å². The van der Waals surface area contributed by atoms with Crippen molar-refractivity contribution in [3.63, 3.8) is 0 Å². The minimum Gasteiger partial charge on any atom is -0.396 e. The number of rotatable bonds is 10. The largest absolute Gasteiger partial charge is 0.396 e. The molecule has 0 aliphatic heterocycles. The van der Waals surface area contributed by atoms with E-state index in [1.54, 1.807) is 18.6 Å². The van der Waals surface area contributed by atoms with Gasteiger partial charge >= 0.3 is 0 Å². The highest BCUT2D eigenvalue weighted by Gasteiger charge is 2.21. The first-order valence-corrected chi connectivity index (χ1v) is 11.0. The number of hydrogen-bond acceptors (Lipinski definition) is 8. The topological polar surface area (TPSA) is 121 Å². The van der Waals surface area contributed by atoms with Gasteiger partial charge < -0.3 is 25.4 Å². The fourth-order valence-electron chi connectivity index (χ4n) is 3.69. The first-order chi connectivity index (χ1) is 16.0. The van der Waals surface area contributed by atoms with Crippen LogP contribution in [0, 0.1) is 5.92 Å².